The SMILES string of the molecule is CS(C)(C)c1ccc2c3c(cccc13)-c1cc3c4ccccc4n(-c4ccccc4)c3cc1N2c1ccccc1. The molecular weight excluding hydrogens is 504 g/mol. The summed E-state index contributed by atoms with van der Waals surface area (Å²) in [5.41, 5.74) is 9.87. The van der Waals surface area contributed by atoms with E-state index in [9.17, 15) is 0 Å². The summed E-state index contributed by atoms with van der Waals surface area (Å²) in [6.45, 7) is 0. The molecule has 0 unspecified atom stereocenters. The fourth-order valence-electron chi connectivity index (χ4n) is 6.55. The zero-order valence-electron chi connectivity index (χ0n) is 22.9. The van der Waals surface area contributed by atoms with E-state index in [2.05, 4.69) is 156 Å². The summed E-state index contributed by atoms with van der Waals surface area (Å²) in [5.74, 6) is 0. The maximum absolute atomic E-state index is 2.47. The predicted molar refractivity (Wildman–Crippen MR) is 176 cm³/mol. The van der Waals surface area contributed by atoms with Gasteiger partial charge in [0.2, 0.25) is 0 Å². The average Bonchev–Trinajstić information content (AvgIpc) is 3.30. The highest BCUT2D eigenvalue weighted by Crippen LogP contribution is 2.57. The number of hydrogen-bond acceptors (Lipinski definition) is 1. The Labute approximate surface area is 236 Å². The summed E-state index contributed by atoms with van der Waals surface area (Å²) >= 11 is 0. The molecule has 1 aliphatic rings. The lowest BCUT2D eigenvalue weighted by molar-refractivity contribution is 1.18. The van der Waals surface area contributed by atoms with E-state index < -0.39 is 10.0 Å². The molecule has 0 fully saturated rings. The van der Waals surface area contributed by atoms with Gasteiger partial charge in [-0.15, -0.1) is 0 Å². The lowest BCUT2D eigenvalue weighted by Gasteiger charge is -2.36. The van der Waals surface area contributed by atoms with Gasteiger partial charge >= 0.3 is 0 Å². The Morgan fingerprint density at radius 2 is 1.15 bits per heavy atom. The molecule has 7 aromatic rings. The van der Waals surface area contributed by atoms with Crippen molar-refractivity contribution in [1.29, 1.82) is 0 Å². The minimum absolute atomic E-state index is 0.919. The Hall–Kier alpha value is -4.47. The minimum atomic E-state index is -0.919. The molecule has 0 N–H and O–H groups in total. The number of rotatable bonds is 3. The fraction of sp³-hybridized carbons (Fsp3) is 0.0811. The van der Waals surface area contributed by atoms with Gasteiger partial charge in [0.1, 0.15) is 0 Å². The van der Waals surface area contributed by atoms with Gasteiger partial charge in [0.15, 0.2) is 0 Å². The molecule has 40 heavy (non-hydrogen) atoms. The van der Waals surface area contributed by atoms with Gasteiger partial charge in [-0.1, -0.05) is 72.8 Å². The number of para-hydroxylation sites is 3. The van der Waals surface area contributed by atoms with E-state index in [1.807, 2.05) is 0 Å². The van der Waals surface area contributed by atoms with Crippen LogP contribution in [-0.2, 0) is 0 Å². The molecule has 8 rings (SSSR count). The first-order chi connectivity index (χ1) is 19.5. The van der Waals surface area contributed by atoms with Crippen LogP contribution in [0.3, 0.4) is 0 Å². The zero-order chi connectivity index (χ0) is 27.0. The van der Waals surface area contributed by atoms with E-state index in [0.29, 0.717) is 0 Å². The number of aromatic nitrogens is 1. The van der Waals surface area contributed by atoms with Crippen LogP contribution in [0.25, 0.3) is 49.4 Å². The van der Waals surface area contributed by atoms with E-state index >= 15 is 0 Å². The molecule has 0 aliphatic carbocycles. The van der Waals surface area contributed by atoms with Crippen molar-refractivity contribution in [3.63, 3.8) is 0 Å². The molecule has 3 heteroatoms. The molecule has 0 radical (unpaired) electrons. The van der Waals surface area contributed by atoms with Gasteiger partial charge in [0.25, 0.3) is 0 Å². The molecule has 6 aromatic carbocycles. The summed E-state index contributed by atoms with van der Waals surface area (Å²) in [6, 6.07) is 46.8. The normalized spacial score (nSPS) is 13.2. The van der Waals surface area contributed by atoms with Gasteiger partial charge in [0, 0.05) is 33.1 Å². The van der Waals surface area contributed by atoms with Crippen LogP contribution in [0.4, 0.5) is 17.1 Å². The summed E-state index contributed by atoms with van der Waals surface area (Å²) in [4.78, 5) is 3.94. The van der Waals surface area contributed by atoms with E-state index in [1.54, 1.807) is 0 Å². The molecule has 194 valence electrons. The Morgan fingerprint density at radius 3 is 1.90 bits per heavy atom. The molecule has 0 atom stereocenters. The first-order valence-electron chi connectivity index (χ1n) is 13.7. The number of hydrogen-bond donors (Lipinski definition) is 0. The number of benzene rings is 6. The van der Waals surface area contributed by atoms with Crippen LogP contribution in [0.5, 0.6) is 0 Å². The third-order valence-corrected chi connectivity index (χ3v) is 9.90. The average molecular weight is 535 g/mol. The van der Waals surface area contributed by atoms with Crippen molar-refractivity contribution in [2.45, 2.75) is 4.90 Å². The third kappa shape index (κ3) is 3.31. The Kier molecular flexibility index (Phi) is 4.98. The van der Waals surface area contributed by atoms with Crippen molar-refractivity contribution >= 4 is 59.7 Å². The molecule has 0 bridgehead atoms. The van der Waals surface area contributed by atoms with E-state index in [1.165, 1.54) is 71.4 Å². The largest absolute Gasteiger partial charge is 0.309 e. The van der Waals surface area contributed by atoms with Crippen molar-refractivity contribution < 1.29 is 0 Å². The van der Waals surface area contributed by atoms with Gasteiger partial charge in [-0.3, -0.25) is 0 Å². The fourth-order valence-corrected chi connectivity index (χ4v) is 7.86. The Balaban J connectivity index is 1.55. The van der Waals surface area contributed by atoms with Crippen LogP contribution in [-0.4, -0.2) is 23.3 Å². The van der Waals surface area contributed by atoms with Crippen LogP contribution >= 0.6 is 10.0 Å². The second-order valence-corrected chi connectivity index (χ2v) is 15.5. The highest BCUT2D eigenvalue weighted by molar-refractivity contribution is 8.32. The molecule has 0 saturated carbocycles. The van der Waals surface area contributed by atoms with Crippen LogP contribution in [0.2, 0.25) is 0 Å². The molecule has 0 amide bonds. The minimum Gasteiger partial charge on any atom is -0.309 e. The molecule has 0 saturated heterocycles. The molecule has 2 nitrogen and oxygen atoms in total. The maximum Gasteiger partial charge on any atom is 0.0562 e. The molecule has 1 aromatic heterocycles. The van der Waals surface area contributed by atoms with Crippen molar-refractivity contribution in [1.82, 2.24) is 4.57 Å². The topological polar surface area (TPSA) is 8.17 Å². The number of nitrogens with zero attached hydrogens (tertiary/aromatic N) is 2. The van der Waals surface area contributed by atoms with Gasteiger partial charge in [-0.2, -0.15) is 0 Å². The first kappa shape index (κ1) is 23.4. The van der Waals surface area contributed by atoms with Crippen LogP contribution < -0.4 is 4.90 Å². The van der Waals surface area contributed by atoms with Crippen LogP contribution in [0.15, 0.2) is 132 Å². The highest BCUT2D eigenvalue weighted by Gasteiger charge is 2.29. The van der Waals surface area contributed by atoms with Gasteiger partial charge in [0.05, 0.1) is 22.4 Å². The summed E-state index contributed by atoms with van der Waals surface area (Å²) in [7, 11) is -0.919. The molecule has 2 heterocycles. The lowest BCUT2D eigenvalue weighted by Crippen LogP contribution is -2.15. The quantitative estimate of drug-likeness (QED) is 0.219. The van der Waals surface area contributed by atoms with Crippen molar-refractivity contribution in [2.75, 3.05) is 23.7 Å². The number of anilines is 3. The lowest BCUT2D eigenvalue weighted by atomic mass is 9.89. The van der Waals surface area contributed by atoms with Crippen LogP contribution in [0, 0.1) is 0 Å². The summed E-state index contributed by atoms with van der Waals surface area (Å²) in [6.07, 6.45) is 7.18. The van der Waals surface area contributed by atoms with Gasteiger partial charge in [-0.25, -0.2) is 10.0 Å². The monoisotopic (exact) mass is 534 g/mol. The van der Waals surface area contributed by atoms with E-state index in [4.69, 9.17) is 0 Å². The molecule has 0 spiro atoms. The first-order valence-corrected chi connectivity index (χ1v) is 16.6. The third-order valence-electron chi connectivity index (χ3n) is 8.23. The van der Waals surface area contributed by atoms with Gasteiger partial charge < -0.3 is 9.47 Å². The summed E-state index contributed by atoms with van der Waals surface area (Å²) in [5, 5.41) is 5.28. The molecule has 1 aliphatic heterocycles. The highest BCUT2D eigenvalue weighted by atomic mass is 32.3. The smallest absolute Gasteiger partial charge is 0.0562 e. The number of fused-ring (bicyclic) bond motifs is 5. The Bertz CT molecular complexity index is 2080. The second-order valence-electron chi connectivity index (χ2n) is 11.4. The molecular formula is C37H30N2S. The van der Waals surface area contributed by atoms with E-state index in [-0.39, 0.29) is 0 Å². The van der Waals surface area contributed by atoms with Gasteiger partial charge in [-0.05, 0) is 89.2 Å². The maximum atomic E-state index is 2.47. The summed E-state index contributed by atoms with van der Waals surface area (Å²) < 4.78 is 2.41. The van der Waals surface area contributed by atoms with Crippen molar-refractivity contribution in [2.24, 2.45) is 0 Å². The van der Waals surface area contributed by atoms with E-state index in [0.717, 1.165) is 0 Å². The predicted octanol–water partition coefficient (Wildman–Crippen LogP) is 10.4. The Morgan fingerprint density at radius 1 is 0.475 bits per heavy atom. The van der Waals surface area contributed by atoms with Crippen LogP contribution in [0.1, 0.15) is 0 Å². The second kappa shape index (κ2) is 8.51. The van der Waals surface area contributed by atoms with Crippen molar-refractivity contribution in [3.05, 3.63) is 127 Å². The van der Waals surface area contributed by atoms with Crippen molar-refractivity contribution in [3.8, 4) is 16.8 Å². The standard InChI is InChI=1S/C37H30N2S/c1-40(2,3)36-22-21-33-37-28(18-12-19-29(36)37)31-23-30-27-17-10-11-20-32(27)38(25-13-6-4-7-14-25)34(30)24-35(31)39(33)26-15-8-5-9-16-26/h4-24H,1-3H3. The zero-order valence-corrected chi connectivity index (χ0v) is 23.7.